The first-order chi connectivity index (χ1) is 9.35. The summed E-state index contributed by atoms with van der Waals surface area (Å²) in [4.78, 5) is 1.37. The Morgan fingerprint density at radius 2 is 2.25 bits per heavy atom. The zero-order valence-electron chi connectivity index (χ0n) is 10.5. The number of aryl methyl sites for hydroxylation is 1. The normalized spacial score (nSPS) is 11.2. The number of nitrogens with two attached hydrogens (primary N) is 1. The molecule has 1 aromatic heterocycles. The minimum absolute atomic E-state index is 0.0713. The molecule has 0 aliphatic carbocycles. The Hall–Kier alpha value is -2.07. The van der Waals surface area contributed by atoms with Crippen molar-refractivity contribution < 1.29 is 8.42 Å². The number of thiocarbonyl (C=S) groups is 1. The molecule has 0 bridgehead atoms. The van der Waals surface area contributed by atoms with Gasteiger partial charge in [-0.25, -0.2) is 13.1 Å². The number of benzene rings is 1. The van der Waals surface area contributed by atoms with Gasteiger partial charge >= 0.3 is 0 Å². The van der Waals surface area contributed by atoms with Crippen molar-refractivity contribution in [2.45, 2.75) is 5.75 Å². The molecule has 0 amide bonds. The predicted molar refractivity (Wildman–Crippen MR) is 77.4 cm³/mol. The second-order valence-electron chi connectivity index (χ2n) is 4.03. The largest absolute Gasteiger partial charge is 0.389 e. The topological polar surface area (TPSA) is 116 Å². The predicted octanol–water partition coefficient (Wildman–Crippen LogP) is -0.214. The van der Waals surface area contributed by atoms with Crippen molar-refractivity contribution in [2.75, 3.05) is 4.72 Å². The quantitative estimate of drug-likeness (QED) is 0.734. The van der Waals surface area contributed by atoms with Gasteiger partial charge in [0.1, 0.15) is 4.99 Å². The first-order valence-electron chi connectivity index (χ1n) is 5.49. The van der Waals surface area contributed by atoms with Gasteiger partial charge in [0.2, 0.25) is 10.0 Å². The molecule has 0 saturated heterocycles. The number of tetrazole rings is 1. The van der Waals surface area contributed by atoms with E-state index < -0.39 is 10.0 Å². The summed E-state index contributed by atoms with van der Waals surface area (Å²) in [5, 5.41) is 10.8. The Labute approximate surface area is 121 Å². The van der Waals surface area contributed by atoms with Crippen LogP contribution in [0.5, 0.6) is 0 Å². The lowest BCUT2D eigenvalue weighted by Crippen LogP contribution is -2.17. The van der Waals surface area contributed by atoms with E-state index in [2.05, 4.69) is 20.1 Å². The zero-order chi connectivity index (χ0) is 14.8. The Bertz CT molecular complexity index is 740. The fourth-order valence-electron chi connectivity index (χ4n) is 1.53. The van der Waals surface area contributed by atoms with Gasteiger partial charge < -0.3 is 5.73 Å². The standard InChI is InChI=1S/C10H12N6O2S2/c1-16-13-10(12-15-16)14-20(17,18)6-7-3-2-4-8(5-7)9(11)19/h2-5H,6H2,1H3,(H2,11,19)(H,13,14). The van der Waals surface area contributed by atoms with Crippen LogP contribution < -0.4 is 10.5 Å². The summed E-state index contributed by atoms with van der Waals surface area (Å²) in [7, 11) is -2.09. The van der Waals surface area contributed by atoms with Crippen molar-refractivity contribution >= 4 is 33.2 Å². The summed E-state index contributed by atoms with van der Waals surface area (Å²) in [6.45, 7) is 0. The van der Waals surface area contributed by atoms with Gasteiger partial charge in [0.25, 0.3) is 5.95 Å². The lowest BCUT2D eigenvalue weighted by molar-refractivity contribution is 0.600. The molecule has 0 saturated carbocycles. The van der Waals surface area contributed by atoms with Crippen molar-refractivity contribution in [3.05, 3.63) is 35.4 Å². The summed E-state index contributed by atoms with van der Waals surface area (Å²) in [5.41, 5.74) is 6.69. The van der Waals surface area contributed by atoms with Gasteiger partial charge in [-0.05, 0) is 16.8 Å². The summed E-state index contributed by atoms with van der Waals surface area (Å²) in [5.74, 6) is -0.306. The smallest absolute Gasteiger partial charge is 0.276 e. The van der Waals surface area contributed by atoms with Crippen LogP contribution in [0.2, 0.25) is 0 Å². The van der Waals surface area contributed by atoms with Crippen LogP contribution in [0.15, 0.2) is 24.3 Å². The number of hydrogen-bond donors (Lipinski definition) is 2. The van der Waals surface area contributed by atoms with Gasteiger partial charge in [-0.3, -0.25) is 0 Å². The van der Waals surface area contributed by atoms with Crippen LogP contribution in [0.1, 0.15) is 11.1 Å². The maximum absolute atomic E-state index is 12.0. The van der Waals surface area contributed by atoms with E-state index in [0.29, 0.717) is 11.1 Å². The molecule has 20 heavy (non-hydrogen) atoms. The second-order valence-corrected chi connectivity index (χ2v) is 6.19. The second kappa shape index (κ2) is 5.51. The van der Waals surface area contributed by atoms with E-state index in [9.17, 15) is 8.42 Å². The van der Waals surface area contributed by atoms with E-state index in [4.69, 9.17) is 18.0 Å². The van der Waals surface area contributed by atoms with Crippen LogP contribution in [0.4, 0.5) is 5.95 Å². The molecule has 10 heteroatoms. The number of sulfonamides is 1. The Morgan fingerprint density at radius 1 is 1.50 bits per heavy atom. The van der Waals surface area contributed by atoms with Gasteiger partial charge in [-0.1, -0.05) is 35.5 Å². The number of nitrogens with zero attached hydrogens (tertiary/aromatic N) is 4. The third-order valence-electron chi connectivity index (χ3n) is 2.32. The zero-order valence-corrected chi connectivity index (χ0v) is 12.1. The maximum Gasteiger partial charge on any atom is 0.276 e. The Balaban J connectivity index is 2.15. The molecule has 1 heterocycles. The molecule has 0 fully saturated rings. The molecule has 0 radical (unpaired) electrons. The fraction of sp³-hybridized carbons (Fsp3) is 0.200. The average molecular weight is 312 g/mol. The number of rotatable bonds is 5. The third-order valence-corrected chi connectivity index (χ3v) is 3.77. The minimum atomic E-state index is -3.63. The first-order valence-corrected chi connectivity index (χ1v) is 7.55. The minimum Gasteiger partial charge on any atom is -0.389 e. The van der Waals surface area contributed by atoms with E-state index in [1.807, 2.05) is 0 Å². The Morgan fingerprint density at radius 3 is 2.85 bits per heavy atom. The molecule has 0 atom stereocenters. The SMILES string of the molecule is Cn1nnc(NS(=O)(=O)Cc2cccc(C(N)=S)c2)n1. The van der Waals surface area contributed by atoms with Gasteiger partial charge in [0, 0.05) is 5.56 Å². The average Bonchev–Trinajstić information content (AvgIpc) is 2.73. The molecular weight excluding hydrogens is 300 g/mol. The highest BCUT2D eigenvalue weighted by Crippen LogP contribution is 2.11. The molecule has 2 aromatic rings. The summed E-state index contributed by atoms with van der Waals surface area (Å²) < 4.78 is 26.2. The molecule has 0 aliphatic rings. The molecule has 3 N–H and O–H groups in total. The molecule has 106 valence electrons. The van der Waals surface area contributed by atoms with Crippen LogP contribution in [-0.2, 0) is 22.8 Å². The van der Waals surface area contributed by atoms with Crippen molar-refractivity contribution in [1.29, 1.82) is 0 Å². The highest BCUT2D eigenvalue weighted by Gasteiger charge is 2.15. The van der Waals surface area contributed by atoms with Crippen LogP contribution in [0, 0.1) is 0 Å². The van der Waals surface area contributed by atoms with Crippen molar-refractivity contribution in [2.24, 2.45) is 12.8 Å². The number of hydrogen-bond acceptors (Lipinski definition) is 6. The van der Waals surface area contributed by atoms with E-state index in [1.165, 1.54) is 7.05 Å². The van der Waals surface area contributed by atoms with Gasteiger partial charge in [0.15, 0.2) is 0 Å². The van der Waals surface area contributed by atoms with Crippen LogP contribution in [0.25, 0.3) is 0 Å². The first kappa shape index (κ1) is 14.3. The number of aromatic nitrogens is 4. The van der Waals surface area contributed by atoms with E-state index in [-0.39, 0.29) is 16.7 Å². The van der Waals surface area contributed by atoms with Crippen LogP contribution >= 0.6 is 12.2 Å². The van der Waals surface area contributed by atoms with Gasteiger partial charge in [-0.2, -0.15) is 4.80 Å². The van der Waals surface area contributed by atoms with E-state index >= 15 is 0 Å². The summed E-state index contributed by atoms with van der Waals surface area (Å²) in [6.07, 6.45) is 0. The third kappa shape index (κ3) is 3.71. The van der Waals surface area contributed by atoms with E-state index in [0.717, 1.165) is 4.80 Å². The molecule has 8 nitrogen and oxygen atoms in total. The van der Waals surface area contributed by atoms with Crippen LogP contribution in [0.3, 0.4) is 0 Å². The molecule has 1 aromatic carbocycles. The highest BCUT2D eigenvalue weighted by molar-refractivity contribution is 7.91. The lowest BCUT2D eigenvalue weighted by Gasteiger charge is -2.06. The van der Waals surface area contributed by atoms with Crippen molar-refractivity contribution in [3.8, 4) is 0 Å². The fourth-order valence-corrected chi connectivity index (χ4v) is 2.71. The van der Waals surface area contributed by atoms with Crippen LogP contribution in [-0.4, -0.2) is 33.6 Å². The molecular formula is C10H12N6O2S2. The van der Waals surface area contributed by atoms with E-state index in [1.54, 1.807) is 24.3 Å². The molecule has 2 rings (SSSR count). The van der Waals surface area contributed by atoms with Gasteiger partial charge in [0.05, 0.1) is 12.8 Å². The van der Waals surface area contributed by atoms with Crippen molar-refractivity contribution in [1.82, 2.24) is 20.2 Å². The molecule has 0 unspecified atom stereocenters. The maximum atomic E-state index is 12.0. The monoisotopic (exact) mass is 312 g/mol. The number of anilines is 1. The Kier molecular flexibility index (Phi) is 3.95. The molecule has 0 aliphatic heterocycles. The van der Waals surface area contributed by atoms with Crippen molar-refractivity contribution in [3.63, 3.8) is 0 Å². The highest BCUT2D eigenvalue weighted by atomic mass is 32.2. The summed E-state index contributed by atoms with van der Waals surface area (Å²) in [6, 6.07) is 6.72. The lowest BCUT2D eigenvalue weighted by atomic mass is 10.1. The van der Waals surface area contributed by atoms with Gasteiger partial charge in [-0.15, -0.1) is 5.10 Å². The molecule has 0 spiro atoms. The summed E-state index contributed by atoms with van der Waals surface area (Å²) >= 11 is 4.85. The number of nitrogens with one attached hydrogen (secondary N) is 1.